The second kappa shape index (κ2) is 18.1. The fraction of sp³-hybridized carbons (Fsp3) is 0.463. The van der Waals surface area contributed by atoms with Crippen molar-refractivity contribution in [2.24, 2.45) is 22.9 Å². The predicted octanol–water partition coefficient (Wildman–Crippen LogP) is 7.32. The van der Waals surface area contributed by atoms with Crippen molar-refractivity contribution in [3.63, 3.8) is 0 Å². The second-order valence-electron chi connectivity index (χ2n) is 13.5. The maximum Gasteiger partial charge on any atom is 0.230 e. The molecule has 0 unspecified atom stereocenters. The molecular formula is C41H49N3O7S. The SMILES string of the molecule is C=CCO[C@@]12Oc3ccc(Oc4cccc(C=O)c4)cc3[C@H]3[C@H](CCCCO)[C@@H](CCCCO)C=C(C(=NOC)C[C@@H]1SCCc1cnccn1)[C@H]32. The van der Waals surface area contributed by atoms with Crippen molar-refractivity contribution in [1.29, 1.82) is 0 Å². The average Bonchev–Trinajstić information content (AvgIpc) is 3.17. The van der Waals surface area contributed by atoms with Crippen LogP contribution in [0.15, 0.2) is 90.5 Å². The molecule has 11 heteroatoms. The Bertz CT molecular complexity index is 1720. The number of nitrogens with zero attached hydrogens (tertiary/aromatic N) is 3. The van der Waals surface area contributed by atoms with E-state index in [4.69, 9.17) is 19.0 Å². The average molecular weight is 728 g/mol. The number of rotatable bonds is 19. The maximum absolute atomic E-state index is 11.5. The molecule has 2 heterocycles. The molecule has 0 amide bonds. The number of unbranched alkanes of at least 4 members (excludes halogenated alkanes) is 2. The molecule has 0 saturated heterocycles. The van der Waals surface area contributed by atoms with Crippen LogP contribution in [0.2, 0.25) is 0 Å². The summed E-state index contributed by atoms with van der Waals surface area (Å²) in [5.74, 6) is 1.74. The van der Waals surface area contributed by atoms with E-state index in [9.17, 15) is 15.0 Å². The number of aliphatic hydroxyl groups excluding tert-OH is 2. The zero-order chi connectivity index (χ0) is 36.3. The van der Waals surface area contributed by atoms with E-state index >= 15 is 0 Å². The van der Waals surface area contributed by atoms with Crippen molar-refractivity contribution in [2.45, 2.75) is 68.3 Å². The van der Waals surface area contributed by atoms with E-state index in [1.807, 2.05) is 18.2 Å². The van der Waals surface area contributed by atoms with Crippen LogP contribution in [0.5, 0.6) is 17.2 Å². The number of aromatic nitrogens is 2. The first-order valence-corrected chi connectivity index (χ1v) is 19.3. The summed E-state index contributed by atoms with van der Waals surface area (Å²) in [5, 5.41) is 24.1. The van der Waals surface area contributed by atoms with Crippen LogP contribution in [0.4, 0.5) is 0 Å². The number of carbonyl (C=O) groups excluding carboxylic acids is 1. The largest absolute Gasteiger partial charge is 0.460 e. The van der Waals surface area contributed by atoms with Crippen LogP contribution >= 0.6 is 11.8 Å². The normalized spacial score (nSPS) is 25.3. The lowest BCUT2D eigenvalue weighted by Gasteiger charge is -2.58. The van der Waals surface area contributed by atoms with Gasteiger partial charge in [0.05, 0.1) is 29.2 Å². The Balaban J connectivity index is 1.49. The highest BCUT2D eigenvalue weighted by atomic mass is 32.2. The van der Waals surface area contributed by atoms with E-state index in [0.29, 0.717) is 36.5 Å². The van der Waals surface area contributed by atoms with Crippen LogP contribution < -0.4 is 9.47 Å². The molecule has 3 aliphatic rings. The minimum Gasteiger partial charge on any atom is -0.460 e. The van der Waals surface area contributed by atoms with Gasteiger partial charge in [0.1, 0.15) is 30.6 Å². The van der Waals surface area contributed by atoms with Crippen LogP contribution in [0.1, 0.15) is 72.5 Å². The molecule has 276 valence electrons. The van der Waals surface area contributed by atoms with Crippen LogP contribution in [-0.2, 0) is 16.0 Å². The van der Waals surface area contributed by atoms with Gasteiger partial charge in [-0.2, -0.15) is 11.8 Å². The fourth-order valence-electron chi connectivity index (χ4n) is 8.20. The Morgan fingerprint density at radius 3 is 2.65 bits per heavy atom. The first-order chi connectivity index (χ1) is 25.5. The number of aldehydes is 1. The summed E-state index contributed by atoms with van der Waals surface area (Å²) < 4.78 is 20.6. The fourth-order valence-corrected chi connectivity index (χ4v) is 9.58. The van der Waals surface area contributed by atoms with E-state index in [-0.39, 0.29) is 42.1 Å². The van der Waals surface area contributed by atoms with Crippen molar-refractivity contribution in [1.82, 2.24) is 9.97 Å². The molecule has 2 aliphatic carbocycles. The number of benzene rings is 2. The van der Waals surface area contributed by atoms with Gasteiger partial charge in [-0.15, -0.1) is 6.58 Å². The molecule has 0 bridgehead atoms. The number of hydrogen-bond donors (Lipinski definition) is 2. The van der Waals surface area contributed by atoms with Crippen LogP contribution in [0, 0.1) is 17.8 Å². The molecule has 2 aromatic carbocycles. The van der Waals surface area contributed by atoms with Crippen LogP contribution in [0.25, 0.3) is 0 Å². The van der Waals surface area contributed by atoms with Gasteiger partial charge in [-0.25, -0.2) is 0 Å². The monoisotopic (exact) mass is 727 g/mol. The summed E-state index contributed by atoms with van der Waals surface area (Å²) in [7, 11) is 1.59. The molecule has 2 N–H and O–H groups in total. The smallest absolute Gasteiger partial charge is 0.230 e. The van der Waals surface area contributed by atoms with E-state index in [2.05, 4.69) is 33.8 Å². The minimum absolute atomic E-state index is 0.0540. The highest BCUT2D eigenvalue weighted by Crippen LogP contribution is 2.62. The number of carbonyl (C=O) groups is 1. The lowest BCUT2D eigenvalue weighted by Crippen LogP contribution is -2.64. The molecule has 6 atom stereocenters. The van der Waals surface area contributed by atoms with Gasteiger partial charge in [-0.05, 0) is 79.2 Å². The molecule has 1 fully saturated rings. The van der Waals surface area contributed by atoms with Gasteiger partial charge in [0, 0.05) is 61.7 Å². The standard InChI is InChI=1S/C41H49N3O7S/c1-3-20-49-41-38(52-21-15-30-26-42-16-17-43-30)25-36(44-48-2)34-23-29(10-4-6-18-45)33(12-5-7-19-46)39(40(34)41)35-24-32(13-14-37(35)51-41)50-31-11-8-9-28(22-31)27-47/h3,8-9,11,13-14,16-17,22-24,26-27,29,33,38-40,45-46H,1,4-7,10,12,15,18-21,25H2,2H3/t29-,33+,38-,39+,40+,41+/m0/s1. The summed E-state index contributed by atoms with van der Waals surface area (Å²) in [6.07, 6.45) is 16.5. The number of thioether (sulfide) groups is 1. The number of aliphatic hydroxyl groups is 2. The highest BCUT2D eigenvalue weighted by molar-refractivity contribution is 8.00. The van der Waals surface area contributed by atoms with E-state index < -0.39 is 5.79 Å². The lowest BCUT2D eigenvalue weighted by molar-refractivity contribution is -0.223. The molecule has 6 rings (SSSR count). The zero-order valence-electron chi connectivity index (χ0n) is 29.8. The first-order valence-electron chi connectivity index (χ1n) is 18.3. The number of aryl methyl sites for hydroxylation is 1. The Hall–Kier alpha value is -4.03. The van der Waals surface area contributed by atoms with Crippen molar-refractivity contribution in [3.05, 3.63) is 102 Å². The highest BCUT2D eigenvalue weighted by Gasteiger charge is 2.63. The molecule has 10 nitrogen and oxygen atoms in total. The first kappa shape index (κ1) is 37.7. The Morgan fingerprint density at radius 1 is 1.08 bits per heavy atom. The van der Waals surface area contributed by atoms with Gasteiger partial charge in [0.15, 0.2) is 0 Å². The number of fused-ring (bicyclic) bond motifs is 2. The van der Waals surface area contributed by atoms with Crippen LogP contribution in [0.3, 0.4) is 0 Å². The summed E-state index contributed by atoms with van der Waals surface area (Å²) in [4.78, 5) is 25.8. The number of oxime groups is 1. The molecule has 0 spiro atoms. The molecule has 0 radical (unpaired) electrons. The number of hydrogen-bond acceptors (Lipinski definition) is 11. The van der Waals surface area contributed by atoms with Gasteiger partial charge < -0.3 is 29.3 Å². The van der Waals surface area contributed by atoms with Crippen molar-refractivity contribution in [2.75, 3.05) is 32.7 Å². The van der Waals surface area contributed by atoms with E-state index in [1.54, 1.807) is 61.7 Å². The topological polar surface area (TPSA) is 133 Å². The molecule has 3 aromatic rings. The Kier molecular flexibility index (Phi) is 13.2. The van der Waals surface area contributed by atoms with Crippen molar-refractivity contribution in [3.8, 4) is 17.2 Å². The molecule has 1 aromatic heterocycles. The number of allylic oxidation sites excluding steroid dienone is 1. The predicted molar refractivity (Wildman–Crippen MR) is 202 cm³/mol. The van der Waals surface area contributed by atoms with Gasteiger partial charge in [-0.1, -0.05) is 42.3 Å². The number of ether oxygens (including phenoxy) is 3. The lowest BCUT2D eigenvalue weighted by atomic mass is 9.56. The van der Waals surface area contributed by atoms with Gasteiger partial charge in [-0.3, -0.25) is 14.8 Å². The summed E-state index contributed by atoms with van der Waals surface area (Å²) in [5.41, 5.74) is 4.45. The van der Waals surface area contributed by atoms with Gasteiger partial charge in [0.25, 0.3) is 0 Å². The third-order valence-corrected chi connectivity index (χ3v) is 11.7. The zero-order valence-corrected chi connectivity index (χ0v) is 30.6. The molecule has 1 saturated carbocycles. The quantitative estimate of drug-likeness (QED) is 0.0560. The van der Waals surface area contributed by atoms with Gasteiger partial charge in [0.2, 0.25) is 5.79 Å². The summed E-state index contributed by atoms with van der Waals surface area (Å²) in [6.45, 7) is 4.59. The van der Waals surface area contributed by atoms with Gasteiger partial charge >= 0.3 is 0 Å². The third kappa shape index (κ3) is 8.28. The summed E-state index contributed by atoms with van der Waals surface area (Å²) >= 11 is 1.79. The van der Waals surface area contributed by atoms with E-state index in [1.165, 1.54) is 0 Å². The van der Waals surface area contributed by atoms with Crippen molar-refractivity contribution >= 4 is 23.8 Å². The van der Waals surface area contributed by atoms with E-state index in [0.717, 1.165) is 78.9 Å². The second-order valence-corrected chi connectivity index (χ2v) is 14.8. The Morgan fingerprint density at radius 2 is 1.90 bits per heavy atom. The molecule has 1 aliphatic heterocycles. The van der Waals surface area contributed by atoms with Crippen molar-refractivity contribution < 1.29 is 34.1 Å². The van der Waals surface area contributed by atoms with Crippen LogP contribution in [-0.4, -0.2) is 75.9 Å². The Labute approximate surface area is 310 Å². The third-order valence-electron chi connectivity index (χ3n) is 10.3. The summed E-state index contributed by atoms with van der Waals surface area (Å²) in [6, 6.07) is 13.1. The molecule has 52 heavy (non-hydrogen) atoms. The minimum atomic E-state index is -1.05. The molecular weight excluding hydrogens is 679 g/mol. The maximum atomic E-state index is 11.5.